The van der Waals surface area contributed by atoms with E-state index in [1.54, 1.807) is 19.1 Å². The Labute approximate surface area is 97.2 Å². The summed E-state index contributed by atoms with van der Waals surface area (Å²) in [5, 5.41) is 11.2. The summed E-state index contributed by atoms with van der Waals surface area (Å²) in [7, 11) is 0. The van der Waals surface area contributed by atoms with Crippen LogP contribution in [0.5, 0.6) is 0 Å². The lowest BCUT2D eigenvalue weighted by atomic mass is 10.1. The van der Waals surface area contributed by atoms with Crippen LogP contribution in [0.4, 0.5) is 5.69 Å². The smallest absolute Gasteiger partial charge is 0.237 e. The Bertz CT molecular complexity index is 379. The molecule has 0 spiro atoms. The second-order valence-electron chi connectivity index (χ2n) is 3.14. The minimum atomic E-state index is -0.212. The number of carbonyl (C=O) groups excluding carboxylic acids is 1. The normalized spacial score (nSPS) is 11.5. The molecular formula is C11H11BrN2O. The number of hydrogen-bond donors (Lipinski definition) is 1. The molecule has 0 radical (unpaired) electrons. The van der Waals surface area contributed by atoms with E-state index in [4.69, 9.17) is 5.26 Å². The topological polar surface area (TPSA) is 52.9 Å². The van der Waals surface area contributed by atoms with Crippen LogP contribution < -0.4 is 5.32 Å². The predicted octanol–water partition coefficient (Wildman–Crippen LogP) is 2.47. The molecule has 0 saturated carbocycles. The molecule has 4 heteroatoms. The number of nitrogens with one attached hydrogen (secondary N) is 1. The molecule has 1 aromatic rings. The van der Waals surface area contributed by atoms with E-state index >= 15 is 0 Å². The first-order chi connectivity index (χ1) is 7.13. The number of carbonyl (C=O) groups is 1. The van der Waals surface area contributed by atoms with Crippen LogP contribution in [0.1, 0.15) is 12.5 Å². The molecule has 0 aliphatic heterocycles. The summed E-state index contributed by atoms with van der Waals surface area (Å²) >= 11 is 3.18. The van der Waals surface area contributed by atoms with Crippen molar-refractivity contribution in [2.45, 2.75) is 18.2 Å². The molecule has 1 aromatic carbocycles. The molecule has 0 aliphatic carbocycles. The number of hydrogen-bond acceptors (Lipinski definition) is 2. The minimum Gasteiger partial charge on any atom is -0.325 e. The zero-order valence-corrected chi connectivity index (χ0v) is 9.91. The van der Waals surface area contributed by atoms with Crippen molar-refractivity contribution in [3.63, 3.8) is 0 Å². The Morgan fingerprint density at radius 3 is 2.60 bits per heavy atom. The molecule has 0 aliphatic rings. The number of nitriles is 1. The summed E-state index contributed by atoms with van der Waals surface area (Å²) in [5.41, 5.74) is 1.69. The summed E-state index contributed by atoms with van der Waals surface area (Å²) < 4.78 is 0. The quantitative estimate of drug-likeness (QED) is 0.855. The Kier molecular flexibility index (Phi) is 4.32. The fourth-order valence-corrected chi connectivity index (χ4v) is 1.15. The highest BCUT2D eigenvalue weighted by atomic mass is 79.9. The second-order valence-corrected chi connectivity index (χ2v) is 4.51. The molecule has 1 atom stereocenters. The van der Waals surface area contributed by atoms with Crippen molar-refractivity contribution in [2.75, 3.05) is 5.32 Å². The molecule has 0 saturated heterocycles. The number of halogens is 1. The van der Waals surface area contributed by atoms with Crippen molar-refractivity contribution < 1.29 is 4.79 Å². The van der Waals surface area contributed by atoms with Gasteiger partial charge in [0.15, 0.2) is 0 Å². The lowest BCUT2D eigenvalue weighted by molar-refractivity contribution is -0.115. The summed E-state index contributed by atoms with van der Waals surface area (Å²) in [6.07, 6.45) is 0.392. The zero-order valence-electron chi connectivity index (χ0n) is 8.33. The third-order valence-corrected chi connectivity index (χ3v) is 2.28. The van der Waals surface area contributed by atoms with Crippen LogP contribution in [-0.4, -0.2) is 10.7 Å². The zero-order chi connectivity index (χ0) is 11.3. The van der Waals surface area contributed by atoms with E-state index in [-0.39, 0.29) is 10.7 Å². The Morgan fingerprint density at radius 1 is 1.53 bits per heavy atom. The molecule has 0 heterocycles. The highest BCUT2D eigenvalue weighted by Crippen LogP contribution is 2.11. The van der Waals surface area contributed by atoms with Crippen LogP contribution in [0.25, 0.3) is 0 Å². The van der Waals surface area contributed by atoms with Gasteiger partial charge in [0.05, 0.1) is 17.3 Å². The SMILES string of the molecule is CC(Br)C(=O)Nc1ccc(CC#N)cc1. The number of nitrogens with zero attached hydrogens (tertiary/aromatic N) is 1. The van der Waals surface area contributed by atoms with Crippen molar-refractivity contribution in [1.29, 1.82) is 5.26 Å². The molecule has 3 nitrogen and oxygen atoms in total. The van der Waals surface area contributed by atoms with E-state index < -0.39 is 0 Å². The maximum absolute atomic E-state index is 11.3. The van der Waals surface area contributed by atoms with Crippen LogP contribution >= 0.6 is 15.9 Å². The number of rotatable bonds is 3. The summed E-state index contributed by atoms with van der Waals surface area (Å²) in [6.45, 7) is 1.76. The van der Waals surface area contributed by atoms with Gasteiger partial charge in [0.1, 0.15) is 0 Å². The molecule has 1 rings (SSSR count). The Balaban J connectivity index is 2.65. The van der Waals surface area contributed by atoms with Gasteiger partial charge >= 0.3 is 0 Å². The van der Waals surface area contributed by atoms with Crippen molar-refractivity contribution >= 4 is 27.5 Å². The van der Waals surface area contributed by atoms with E-state index in [9.17, 15) is 4.79 Å². The van der Waals surface area contributed by atoms with Gasteiger partial charge in [0.2, 0.25) is 5.91 Å². The van der Waals surface area contributed by atoms with Crippen LogP contribution in [0.2, 0.25) is 0 Å². The standard InChI is InChI=1S/C11H11BrN2O/c1-8(12)11(15)14-10-4-2-9(3-5-10)6-7-13/h2-5,8H,6H2,1H3,(H,14,15). The highest BCUT2D eigenvalue weighted by Gasteiger charge is 2.07. The fourth-order valence-electron chi connectivity index (χ4n) is 1.04. The average molecular weight is 267 g/mol. The monoisotopic (exact) mass is 266 g/mol. The lowest BCUT2D eigenvalue weighted by Crippen LogP contribution is -2.19. The predicted molar refractivity (Wildman–Crippen MR) is 62.8 cm³/mol. The number of alkyl halides is 1. The van der Waals surface area contributed by atoms with E-state index in [0.717, 1.165) is 11.3 Å². The molecule has 0 fully saturated rings. The number of benzene rings is 1. The maximum atomic E-state index is 11.3. The van der Waals surface area contributed by atoms with E-state index in [1.807, 2.05) is 12.1 Å². The molecule has 1 amide bonds. The van der Waals surface area contributed by atoms with Crippen LogP contribution in [0.15, 0.2) is 24.3 Å². The Morgan fingerprint density at radius 2 is 2.13 bits per heavy atom. The first kappa shape index (κ1) is 11.7. The fraction of sp³-hybridized carbons (Fsp3) is 0.273. The van der Waals surface area contributed by atoms with E-state index in [2.05, 4.69) is 27.3 Å². The molecule has 0 aromatic heterocycles. The van der Waals surface area contributed by atoms with Gasteiger partial charge in [0.25, 0.3) is 0 Å². The maximum Gasteiger partial charge on any atom is 0.237 e. The van der Waals surface area contributed by atoms with E-state index in [0.29, 0.717) is 6.42 Å². The number of amides is 1. The summed E-state index contributed by atoms with van der Waals surface area (Å²) in [6, 6.07) is 9.31. The third kappa shape index (κ3) is 3.72. The second kappa shape index (κ2) is 5.52. The Hall–Kier alpha value is -1.34. The largest absolute Gasteiger partial charge is 0.325 e. The van der Waals surface area contributed by atoms with Gasteiger partial charge in [-0.25, -0.2) is 0 Å². The molecule has 1 unspecified atom stereocenters. The van der Waals surface area contributed by atoms with Gasteiger partial charge in [-0.3, -0.25) is 4.79 Å². The van der Waals surface area contributed by atoms with Crippen molar-refractivity contribution in [3.05, 3.63) is 29.8 Å². The van der Waals surface area contributed by atoms with E-state index in [1.165, 1.54) is 0 Å². The van der Waals surface area contributed by atoms with Crippen molar-refractivity contribution in [3.8, 4) is 6.07 Å². The number of anilines is 1. The third-order valence-electron chi connectivity index (χ3n) is 1.87. The van der Waals surface area contributed by atoms with Crippen molar-refractivity contribution in [2.24, 2.45) is 0 Å². The van der Waals surface area contributed by atoms with Crippen LogP contribution in [0.3, 0.4) is 0 Å². The average Bonchev–Trinajstić information content (AvgIpc) is 2.21. The van der Waals surface area contributed by atoms with Gasteiger partial charge in [-0.1, -0.05) is 28.1 Å². The van der Waals surface area contributed by atoms with Crippen LogP contribution in [0, 0.1) is 11.3 Å². The summed E-state index contributed by atoms with van der Waals surface area (Å²) in [4.78, 5) is 11.1. The van der Waals surface area contributed by atoms with Gasteiger partial charge in [-0.05, 0) is 24.6 Å². The van der Waals surface area contributed by atoms with Crippen molar-refractivity contribution in [1.82, 2.24) is 0 Å². The molecule has 15 heavy (non-hydrogen) atoms. The lowest BCUT2D eigenvalue weighted by Gasteiger charge is -2.06. The first-order valence-electron chi connectivity index (χ1n) is 4.54. The highest BCUT2D eigenvalue weighted by molar-refractivity contribution is 9.10. The van der Waals surface area contributed by atoms with Crippen LogP contribution in [-0.2, 0) is 11.2 Å². The molecule has 78 valence electrons. The summed E-state index contributed by atoms with van der Waals surface area (Å²) in [5.74, 6) is -0.0805. The van der Waals surface area contributed by atoms with Gasteiger partial charge in [-0.2, -0.15) is 5.26 Å². The minimum absolute atomic E-state index is 0.0805. The van der Waals surface area contributed by atoms with Gasteiger partial charge in [0, 0.05) is 5.69 Å². The molecular weight excluding hydrogens is 256 g/mol. The molecule has 0 bridgehead atoms. The first-order valence-corrected chi connectivity index (χ1v) is 5.46. The van der Waals surface area contributed by atoms with Gasteiger partial charge < -0.3 is 5.32 Å². The van der Waals surface area contributed by atoms with Gasteiger partial charge in [-0.15, -0.1) is 0 Å². The molecule has 1 N–H and O–H groups in total.